The minimum absolute atomic E-state index is 0. The zero-order valence-electron chi connectivity index (χ0n) is 43.4. The summed E-state index contributed by atoms with van der Waals surface area (Å²) in [6, 6.07) is 20.4. The third-order valence-corrected chi connectivity index (χ3v) is 11.4. The van der Waals surface area contributed by atoms with Gasteiger partial charge in [0.1, 0.15) is 11.5 Å². The Kier molecular flexibility index (Phi) is 24.7. The molecule has 0 spiro atoms. The molecular weight excluding hydrogens is 887 g/mol. The number of carbonyl (C=O) groups excluding carboxylic acids is 2. The van der Waals surface area contributed by atoms with E-state index in [-0.39, 0.29) is 63.2 Å². The molecule has 0 heterocycles. The molecule has 0 amide bonds. The van der Waals surface area contributed by atoms with Crippen LogP contribution in [-0.2, 0) is 16.5 Å². The van der Waals surface area contributed by atoms with Gasteiger partial charge in [-0.3, -0.25) is 9.98 Å². The zero-order chi connectivity index (χ0) is 50.3. The third-order valence-electron chi connectivity index (χ3n) is 11.4. The van der Waals surface area contributed by atoms with Gasteiger partial charge in [0.2, 0.25) is 0 Å². The molecule has 0 atom stereocenters. The molecule has 0 bridgehead atoms. The maximum atomic E-state index is 10.5. The first-order chi connectivity index (χ1) is 30.8. The van der Waals surface area contributed by atoms with Crippen molar-refractivity contribution in [3.63, 3.8) is 0 Å². The number of hydrogen-bond donors (Lipinski definition) is 2. The number of phenolic OH excluding ortho intramolecular Hbond substituents is 2. The Labute approximate surface area is 412 Å². The maximum Gasteiger partial charge on any atom is 2.00 e. The number of hydrogen-bond acceptors (Lipinski definition) is 10. The molecule has 10 nitrogen and oxygen atoms in total. The number of aliphatic imine (C=N–C) groups is 2. The van der Waals surface area contributed by atoms with E-state index in [1.54, 1.807) is 24.3 Å². The van der Waals surface area contributed by atoms with E-state index < -0.39 is 12.3 Å². The Morgan fingerprint density at radius 2 is 0.746 bits per heavy atom. The molecule has 4 aromatic rings. The van der Waals surface area contributed by atoms with Crippen LogP contribution in [-0.4, -0.2) is 33.9 Å². The SMILES string of the molecule is CC(C)c1ccc(C(C)C)c(OC(=O)[O-])c1O.CC(C)c1ccc(C(C)C)c(OC(=O)[O-])c1O.CCCC(=Nc1c(C(C)C)cccc1C(C)C)C(C)=Nc1c(C(C)C)cccc1C(C)C.[Ni+2]. The molecule has 0 aromatic heterocycles. The average Bonchev–Trinajstić information content (AvgIpc) is 3.21. The molecule has 0 unspecified atom stereocenters. The summed E-state index contributed by atoms with van der Waals surface area (Å²) in [4.78, 5) is 31.6. The summed E-state index contributed by atoms with van der Waals surface area (Å²) in [5.74, 6) is 1.75. The van der Waals surface area contributed by atoms with E-state index in [0.717, 1.165) is 35.6 Å². The summed E-state index contributed by atoms with van der Waals surface area (Å²) in [7, 11) is 0. The second-order valence-electron chi connectivity index (χ2n) is 19.4. The van der Waals surface area contributed by atoms with E-state index in [1.165, 1.54) is 22.3 Å². The number of rotatable bonds is 15. The van der Waals surface area contributed by atoms with E-state index >= 15 is 0 Å². The predicted molar refractivity (Wildman–Crippen MR) is 269 cm³/mol. The molecule has 0 aliphatic rings. The minimum Gasteiger partial charge on any atom is -0.510 e. The Bertz CT molecular complexity index is 2170. The van der Waals surface area contributed by atoms with Gasteiger partial charge in [0.25, 0.3) is 12.3 Å². The van der Waals surface area contributed by atoms with Crippen LogP contribution in [0.1, 0.15) is 229 Å². The number of nitrogens with zero attached hydrogens (tertiary/aromatic N) is 2. The van der Waals surface area contributed by atoms with Crippen LogP contribution < -0.4 is 19.7 Å². The van der Waals surface area contributed by atoms with Crippen molar-refractivity contribution in [3.8, 4) is 23.0 Å². The topological polar surface area (TPSA) is 164 Å². The standard InChI is InChI=1S/C30H44N2.2C13H18O4.Ni/c1-11-14-28(32-30-26(21(6)7)17-13-18-27(30)22(8)9)23(10)31-29-24(19(2)3)15-12-16-25(29)20(4)5;2*1-7(2)9-5-6-10(8(3)4)12(11(9)14)17-13(15)16;/h12-13,15-22H,11,14H2,1-10H3;2*5-8,14H,1-4H3,(H,15,16);/q;;;+2/p-2. The van der Waals surface area contributed by atoms with E-state index in [2.05, 4.69) is 115 Å². The zero-order valence-corrected chi connectivity index (χ0v) is 44.3. The van der Waals surface area contributed by atoms with Crippen LogP contribution in [0, 0.1) is 0 Å². The second-order valence-corrected chi connectivity index (χ2v) is 19.4. The molecular formula is C56H78N2NiO8. The van der Waals surface area contributed by atoms with Gasteiger partial charge in [-0.2, -0.15) is 0 Å². The van der Waals surface area contributed by atoms with Crippen LogP contribution in [0.4, 0.5) is 21.0 Å². The molecule has 4 rings (SSSR count). The van der Waals surface area contributed by atoms with Crippen molar-refractivity contribution in [3.05, 3.63) is 105 Å². The summed E-state index contributed by atoms with van der Waals surface area (Å²) in [6.07, 6.45) is -1.35. The van der Waals surface area contributed by atoms with Crippen molar-refractivity contribution in [2.75, 3.05) is 0 Å². The normalized spacial score (nSPS) is 11.9. The second kappa shape index (κ2) is 27.6. The van der Waals surface area contributed by atoms with Crippen LogP contribution in [0.3, 0.4) is 0 Å². The fraction of sp³-hybridized carbons (Fsp3) is 0.500. The third kappa shape index (κ3) is 16.8. The van der Waals surface area contributed by atoms with Crippen LogP contribution >= 0.6 is 0 Å². The van der Waals surface area contributed by atoms with Crippen molar-refractivity contribution < 1.29 is 56.0 Å². The summed E-state index contributed by atoms with van der Waals surface area (Å²) in [5.41, 5.74) is 12.3. The van der Waals surface area contributed by atoms with Crippen LogP contribution in [0.5, 0.6) is 23.0 Å². The molecule has 11 heteroatoms. The number of aromatic hydroxyl groups is 2. The predicted octanol–water partition coefficient (Wildman–Crippen LogP) is 14.6. The van der Waals surface area contributed by atoms with Gasteiger partial charge in [0.05, 0.1) is 34.3 Å². The molecule has 0 saturated carbocycles. The summed E-state index contributed by atoms with van der Waals surface area (Å²) in [6.45, 7) is 37.6. The molecule has 370 valence electrons. The molecule has 0 aliphatic heterocycles. The Morgan fingerprint density at radius 1 is 0.478 bits per heavy atom. The van der Waals surface area contributed by atoms with Crippen molar-refractivity contribution in [1.29, 1.82) is 0 Å². The summed E-state index contributed by atoms with van der Waals surface area (Å²) >= 11 is 0. The average molecular weight is 966 g/mol. The summed E-state index contributed by atoms with van der Waals surface area (Å²) < 4.78 is 9.17. The number of ether oxygens (including phenoxy) is 2. The van der Waals surface area contributed by atoms with Gasteiger partial charge < -0.3 is 39.5 Å². The molecule has 67 heavy (non-hydrogen) atoms. The first-order valence-corrected chi connectivity index (χ1v) is 23.6. The van der Waals surface area contributed by atoms with Gasteiger partial charge >= 0.3 is 16.5 Å². The Hall–Kier alpha value is -5.15. The van der Waals surface area contributed by atoms with Gasteiger partial charge in [0.15, 0.2) is 0 Å². The van der Waals surface area contributed by atoms with Crippen LogP contribution in [0.15, 0.2) is 70.6 Å². The van der Waals surface area contributed by atoms with Gasteiger partial charge in [0, 0.05) is 0 Å². The van der Waals surface area contributed by atoms with Gasteiger partial charge in [-0.15, -0.1) is 0 Å². The fourth-order valence-corrected chi connectivity index (χ4v) is 7.63. The van der Waals surface area contributed by atoms with Crippen LogP contribution in [0.2, 0.25) is 0 Å². The van der Waals surface area contributed by atoms with E-state index in [1.807, 2.05) is 55.4 Å². The largest absolute Gasteiger partial charge is 2.00 e. The van der Waals surface area contributed by atoms with E-state index in [4.69, 9.17) is 9.98 Å². The number of para-hydroxylation sites is 2. The number of carboxylic acid groups (broad SMARTS) is 2. The Balaban J connectivity index is 0.000000544. The molecule has 2 N–H and O–H groups in total. The molecule has 0 fully saturated rings. The molecule has 0 aliphatic carbocycles. The number of benzene rings is 4. The minimum atomic E-state index is -1.66. The van der Waals surface area contributed by atoms with Gasteiger partial charge in [-0.25, -0.2) is 0 Å². The number of carbonyl (C=O) groups is 2. The first kappa shape index (κ1) is 59.9. The quantitative estimate of drug-likeness (QED) is 0.0514. The van der Waals surface area contributed by atoms with Crippen LogP contribution in [0.25, 0.3) is 0 Å². The molecule has 0 saturated heterocycles. The van der Waals surface area contributed by atoms with E-state index in [0.29, 0.717) is 45.9 Å². The maximum absolute atomic E-state index is 10.5. The smallest absolute Gasteiger partial charge is 0.510 e. The first-order valence-electron chi connectivity index (χ1n) is 23.6. The molecule has 0 radical (unpaired) electrons. The number of phenols is 2. The van der Waals surface area contributed by atoms with Gasteiger partial charge in [-0.1, -0.05) is 185 Å². The molecule has 4 aromatic carbocycles. The van der Waals surface area contributed by atoms with Crippen molar-refractivity contribution in [1.82, 2.24) is 0 Å². The van der Waals surface area contributed by atoms with E-state index in [9.17, 15) is 30.0 Å². The van der Waals surface area contributed by atoms with Gasteiger partial charge in [-0.05, 0) is 105 Å². The van der Waals surface area contributed by atoms with Crippen molar-refractivity contribution in [2.45, 2.75) is 185 Å². The monoisotopic (exact) mass is 965 g/mol. The van der Waals surface area contributed by atoms with Crippen molar-refractivity contribution in [2.24, 2.45) is 9.98 Å². The fourth-order valence-electron chi connectivity index (χ4n) is 7.63. The van der Waals surface area contributed by atoms with Crippen molar-refractivity contribution >= 4 is 35.1 Å². The Morgan fingerprint density at radius 3 is 1.00 bits per heavy atom. The summed E-state index contributed by atoms with van der Waals surface area (Å²) in [5, 5.41) is 41.1.